The Morgan fingerprint density at radius 2 is 1.68 bits per heavy atom. The Labute approximate surface area is 143 Å². The molecule has 25 heavy (non-hydrogen) atoms. The van der Waals surface area contributed by atoms with Crippen molar-refractivity contribution in [2.75, 3.05) is 12.3 Å². The molecule has 0 heterocycles. The number of carboxylic acids is 1. The van der Waals surface area contributed by atoms with E-state index >= 15 is 0 Å². The fourth-order valence-electron chi connectivity index (χ4n) is 1.85. The predicted molar refractivity (Wildman–Crippen MR) is 83.4 cm³/mol. The van der Waals surface area contributed by atoms with E-state index in [0.29, 0.717) is 0 Å². The molecular formula is C15H18F3NO5S. The molecule has 0 unspecified atom stereocenters. The fourth-order valence-corrected chi connectivity index (χ4v) is 2.71. The van der Waals surface area contributed by atoms with Crippen molar-refractivity contribution >= 4 is 21.7 Å². The van der Waals surface area contributed by atoms with Crippen molar-refractivity contribution in [1.29, 1.82) is 0 Å². The van der Waals surface area contributed by atoms with E-state index < -0.39 is 51.0 Å². The quantitative estimate of drug-likeness (QED) is 0.779. The molecule has 0 aliphatic carbocycles. The summed E-state index contributed by atoms with van der Waals surface area (Å²) in [6, 6.07) is 3.84. The van der Waals surface area contributed by atoms with Crippen LogP contribution in [0.3, 0.4) is 0 Å². The maximum atomic E-state index is 12.5. The van der Waals surface area contributed by atoms with Gasteiger partial charge in [0.1, 0.15) is 12.3 Å². The van der Waals surface area contributed by atoms with E-state index in [1.54, 1.807) is 0 Å². The molecule has 0 aromatic heterocycles. The highest BCUT2D eigenvalue weighted by atomic mass is 32.2. The monoisotopic (exact) mass is 381 g/mol. The zero-order chi connectivity index (χ0) is 19.4. The molecule has 1 aromatic rings. The summed E-state index contributed by atoms with van der Waals surface area (Å²) < 4.78 is 61.2. The predicted octanol–water partition coefficient (Wildman–Crippen LogP) is 1.94. The minimum atomic E-state index is -4.51. The highest BCUT2D eigenvalue weighted by Crippen LogP contribution is 2.29. The zero-order valence-electron chi connectivity index (χ0n) is 13.6. The van der Waals surface area contributed by atoms with Gasteiger partial charge in [0.25, 0.3) is 0 Å². The average molecular weight is 381 g/mol. The lowest BCUT2D eigenvalue weighted by Gasteiger charge is -2.21. The summed E-state index contributed by atoms with van der Waals surface area (Å²) in [4.78, 5) is 23.8. The van der Waals surface area contributed by atoms with Gasteiger partial charge in [0.05, 0.1) is 10.8 Å². The Hall–Kier alpha value is -2.10. The van der Waals surface area contributed by atoms with Crippen molar-refractivity contribution in [1.82, 2.24) is 4.90 Å². The van der Waals surface area contributed by atoms with Crippen molar-refractivity contribution < 1.29 is 36.3 Å². The maximum absolute atomic E-state index is 12.5. The first-order valence-electron chi connectivity index (χ1n) is 7.20. The highest BCUT2D eigenvalue weighted by Gasteiger charge is 2.30. The number of hydrogen-bond acceptors (Lipinski definition) is 4. The van der Waals surface area contributed by atoms with Gasteiger partial charge in [-0.05, 0) is 31.5 Å². The SMILES string of the molecule is CC(C)S(=O)(=O)CC(=O)N(CC(=O)O)Cc1ccc(C(F)(F)F)cc1. The van der Waals surface area contributed by atoms with Gasteiger partial charge in [-0.2, -0.15) is 13.2 Å². The third-order valence-electron chi connectivity index (χ3n) is 3.38. The third kappa shape index (κ3) is 6.37. The van der Waals surface area contributed by atoms with Crippen LogP contribution in [0.4, 0.5) is 13.2 Å². The molecular weight excluding hydrogens is 363 g/mol. The number of carbonyl (C=O) groups is 2. The molecule has 1 amide bonds. The van der Waals surface area contributed by atoms with Crippen molar-refractivity contribution in [3.63, 3.8) is 0 Å². The fraction of sp³-hybridized carbons (Fsp3) is 0.467. The molecule has 0 saturated heterocycles. The lowest BCUT2D eigenvalue weighted by molar-refractivity contribution is -0.143. The topological polar surface area (TPSA) is 91.8 Å². The molecule has 0 radical (unpaired) electrons. The van der Waals surface area contributed by atoms with Crippen LogP contribution in [0, 0.1) is 0 Å². The first-order valence-corrected chi connectivity index (χ1v) is 8.91. The molecule has 0 atom stereocenters. The van der Waals surface area contributed by atoms with E-state index in [4.69, 9.17) is 5.11 Å². The van der Waals surface area contributed by atoms with Crippen LogP contribution in [-0.2, 0) is 32.1 Å². The Balaban J connectivity index is 2.96. The molecule has 0 aliphatic heterocycles. The van der Waals surface area contributed by atoms with Crippen molar-refractivity contribution in [3.8, 4) is 0 Å². The van der Waals surface area contributed by atoms with Crippen LogP contribution >= 0.6 is 0 Å². The Morgan fingerprint density at radius 1 is 1.16 bits per heavy atom. The molecule has 0 bridgehead atoms. The lowest BCUT2D eigenvalue weighted by Crippen LogP contribution is -2.40. The molecule has 10 heteroatoms. The van der Waals surface area contributed by atoms with Crippen LogP contribution in [0.2, 0.25) is 0 Å². The van der Waals surface area contributed by atoms with Gasteiger partial charge in [-0.3, -0.25) is 9.59 Å². The van der Waals surface area contributed by atoms with E-state index in [1.165, 1.54) is 13.8 Å². The number of carbonyl (C=O) groups excluding carboxylic acids is 1. The van der Waals surface area contributed by atoms with Crippen LogP contribution in [-0.4, -0.2) is 47.8 Å². The second-order valence-electron chi connectivity index (χ2n) is 5.69. The number of halogens is 3. The van der Waals surface area contributed by atoms with Crippen LogP contribution in [0.5, 0.6) is 0 Å². The summed E-state index contributed by atoms with van der Waals surface area (Å²) >= 11 is 0. The van der Waals surface area contributed by atoms with Gasteiger partial charge in [0.2, 0.25) is 5.91 Å². The second-order valence-corrected chi connectivity index (χ2v) is 8.25. The normalized spacial score (nSPS) is 12.2. The molecule has 0 aliphatic rings. The van der Waals surface area contributed by atoms with E-state index in [1.807, 2.05) is 0 Å². The summed E-state index contributed by atoms with van der Waals surface area (Å²) in [6.45, 7) is 1.71. The van der Waals surface area contributed by atoms with Crippen molar-refractivity contribution in [3.05, 3.63) is 35.4 Å². The van der Waals surface area contributed by atoms with Crippen LogP contribution in [0.1, 0.15) is 25.0 Å². The van der Waals surface area contributed by atoms with Crippen molar-refractivity contribution in [2.24, 2.45) is 0 Å². The smallest absolute Gasteiger partial charge is 0.416 e. The Bertz CT molecular complexity index is 727. The number of hydrogen-bond donors (Lipinski definition) is 1. The lowest BCUT2D eigenvalue weighted by atomic mass is 10.1. The molecule has 0 fully saturated rings. The van der Waals surface area contributed by atoms with E-state index in [-0.39, 0.29) is 12.1 Å². The molecule has 0 saturated carbocycles. The van der Waals surface area contributed by atoms with Gasteiger partial charge in [-0.25, -0.2) is 8.42 Å². The summed E-state index contributed by atoms with van der Waals surface area (Å²) in [7, 11) is -3.73. The van der Waals surface area contributed by atoms with Gasteiger partial charge in [-0.15, -0.1) is 0 Å². The summed E-state index contributed by atoms with van der Waals surface area (Å²) in [5, 5.41) is 8.07. The average Bonchev–Trinajstić information content (AvgIpc) is 2.45. The number of aliphatic carboxylic acids is 1. The number of amides is 1. The molecule has 1 N–H and O–H groups in total. The van der Waals surface area contributed by atoms with Crippen LogP contribution in [0.15, 0.2) is 24.3 Å². The largest absolute Gasteiger partial charge is 0.480 e. The summed E-state index contributed by atoms with van der Waals surface area (Å²) in [6.07, 6.45) is -4.51. The Morgan fingerprint density at radius 3 is 2.08 bits per heavy atom. The standard InChI is InChI=1S/C15H18F3NO5S/c1-10(2)25(23,24)9-13(20)19(8-14(21)22)7-11-3-5-12(6-4-11)15(16,17)18/h3-6,10H,7-9H2,1-2H3,(H,21,22). The number of carboxylic acid groups (broad SMARTS) is 1. The number of benzene rings is 1. The molecule has 1 rings (SSSR count). The second kappa shape index (κ2) is 7.85. The third-order valence-corrected chi connectivity index (χ3v) is 5.46. The molecule has 6 nitrogen and oxygen atoms in total. The van der Waals surface area contributed by atoms with Gasteiger partial charge in [0, 0.05) is 6.54 Å². The number of nitrogens with zero attached hydrogens (tertiary/aromatic N) is 1. The van der Waals surface area contributed by atoms with Crippen LogP contribution in [0.25, 0.3) is 0 Å². The van der Waals surface area contributed by atoms with Gasteiger partial charge < -0.3 is 10.0 Å². The van der Waals surface area contributed by atoms with Gasteiger partial charge in [0.15, 0.2) is 9.84 Å². The molecule has 0 spiro atoms. The maximum Gasteiger partial charge on any atom is 0.416 e. The number of alkyl halides is 3. The first-order chi connectivity index (χ1) is 11.3. The van der Waals surface area contributed by atoms with Gasteiger partial charge >= 0.3 is 12.1 Å². The van der Waals surface area contributed by atoms with E-state index in [2.05, 4.69) is 0 Å². The summed E-state index contributed by atoms with van der Waals surface area (Å²) in [5.41, 5.74) is -0.626. The minimum Gasteiger partial charge on any atom is -0.480 e. The Kier molecular flexibility index (Phi) is 6.58. The zero-order valence-corrected chi connectivity index (χ0v) is 14.4. The minimum absolute atomic E-state index is 0.254. The summed E-state index contributed by atoms with van der Waals surface area (Å²) in [5.74, 6) is -3.14. The number of sulfone groups is 1. The van der Waals surface area contributed by atoms with Crippen molar-refractivity contribution in [2.45, 2.75) is 31.8 Å². The highest BCUT2D eigenvalue weighted by molar-refractivity contribution is 7.92. The molecule has 140 valence electrons. The van der Waals surface area contributed by atoms with E-state index in [0.717, 1.165) is 29.2 Å². The first kappa shape index (κ1) is 20.9. The van der Waals surface area contributed by atoms with Gasteiger partial charge in [-0.1, -0.05) is 12.1 Å². The van der Waals surface area contributed by atoms with Crippen LogP contribution < -0.4 is 0 Å². The number of rotatable bonds is 7. The molecule has 1 aromatic carbocycles. The van der Waals surface area contributed by atoms with E-state index in [9.17, 15) is 31.2 Å².